The number of ether oxygens (including phenoxy) is 2. The summed E-state index contributed by atoms with van der Waals surface area (Å²) in [6.45, 7) is 1.33. The van der Waals surface area contributed by atoms with Crippen molar-refractivity contribution in [3.8, 4) is 11.8 Å². The van der Waals surface area contributed by atoms with Crippen LogP contribution in [0.15, 0.2) is 18.2 Å². The molecule has 1 aromatic carbocycles. The number of halogens is 1. The Morgan fingerprint density at radius 1 is 1.35 bits per heavy atom. The van der Waals surface area contributed by atoms with Crippen LogP contribution in [0.2, 0.25) is 5.15 Å². The first-order chi connectivity index (χ1) is 8.10. The number of methoxy groups -OCH3 is 1. The van der Waals surface area contributed by atoms with E-state index in [4.69, 9.17) is 21.1 Å². The highest BCUT2D eigenvalue weighted by atomic mass is 35.5. The van der Waals surface area contributed by atoms with E-state index >= 15 is 0 Å². The number of hydrogen-bond acceptors (Lipinski definition) is 5. The zero-order chi connectivity index (χ0) is 12.4. The Labute approximate surface area is 102 Å². The van der Waals surface area contributed by atoms with Gasteiger partial charge in [-0.2, -0.15) is 9.97 Å². The second kappa shape index (κ2) is 4.55. The number of rotatable bonds is 2. The van der Waals surface area contributed by atoms with Gasteiger partial charge >= 0.3 is 12.0 Å². The number of nitrogens with zero attached hydrogens (tertiary/aromatic N) is 2. The molecule has 1 aromatic heterocycles. The summed E-state index contributed by atoms with van der Waals surface area (Å²) in [5, 5.41) is 0.963. The first-order valence-corrected chi connectivity index (χ1v) is 5.17. The Morgan fingerprint density at radius 3 is 2.76 bits per heavy atom. The highest BCUT2D eigenvalue weighted by Gasteiger charge is 2.08. The lowest BCUT2D eigenvalue weighted by molar-refractivity contribution is -0.131. The molecule has 0 spiro atoms. The molecule has 88 valence electrons. The van der Waals surface area contributed by atoms with Gasteiger partial charge in [-0.15, -0.1) is 0 Å². The molecular weight excluding hydrogens is 244 g/mol. The average Bonchev–Trinajstić information content (AvgIpc) is 2.27. The SMILES string of the molecule is COc1nc(Cl)c2ccc(OC(C)=O)cc2n1. The number of carbonyl (C=O) groups excluding carboxylic acids is 1. The van der Waals surface area contributed by atoms with E-state index in [-0.39, 0.29) is 6.01 Å². The Kier molecular flexibility index (Phi) is 3.10. The highest BCUT2D eigenvalue weighted by Crippen LogP contribution is 2.26. The molecular formula is C11H9ClN2O3. The fraction of sp³-hybridized carbons (Fsp3) is 0.182. The first-order valence-electron chi connectivity index (χ1n) is 4.80. The van der Waals surface area contributed by atoms with Crippen LogP contribution in [0.5, 0.6) is 11.8 Å². The van der Waals surface area contributed by atoms with Crippen molar-refractivity contribution in [1.82, 2.24) is 9.97 Å². The van der Waals surface area contributed by atoms with Gasteiger partial charge in [0.2, 0.25) is 0 Å². The van der Waals surface area contributed by atoms with Crippen LogP contribution in [0.25, 0.3) is 10.9 Å². The van der Waals surface area contributed by atoms with Crippen LogP contribution in [0.4, 0.5) is 0 Å². The van der Waals surface area contributed by atoms with Gasteiger partial charge in [-0.3, -0.25) is 4.79 Å². The van der Waals surface area contributed by atoms with Crippen molar-refractivity contribution in [2.75, 3.05) is 7.11 Å². The number of aromatic nitrogens is 2. The van der Waals surface area contributed by atoms with Crippen LogP contribution in [0.1, 0.15) is 6.92 Å². The molecule has 0 unspecified atom stereocenters. The maximum absolute atomic E-state index is 10.8. The smallest absolute Gasteiger partial charge is 0.318 e. The van der Waals surface area contributed by atoms with Crippen LogP contribution < -0.4 is 9.47 Å². The fourth-order valence-corrected chi connectivity index (χ4v) is 1.60. The lowest BCUT2D eigenvalue weighted by Gasteiger charge is -2.05. The fourth-order valence-electron chi connectivity index (χ4n) is 1.37. The molecule has 6 heteroatoms. The maximum Gasteiger partial charge on any atom is 0.318 e. The van der Waals surface area contributed by atoms with E-state index in [1.165, 1.54) is 14.0 Å². The zero-order valence-corrected chi connectivity index (χ0v) is 9.99. The number of hydrogen-bond donors (Lipinski definition) is 0. The molecule has 17 heavy (non-hydrogen) atoms. The van der Waals surface area contributed by atoms with Gasteiger partial charge in [0, 0.05) is 18.4 Å². The molecule has 0 saturated carbocycles. The molecule has 0 radical (unpaired) electrons. The molecule has 2 rings (SSSR count). The third kappa shape index (κ3) is 2.45. The van der Waals surface area contributed by atoms with Gasteiger partial charge < -0.3 is 9.47 Å². The Morgan fingerprint density at radius 2 is 2.12 bits per heavy atom. The van der Waals surface area contributed by atoms with Crippen molar-refractivity contribution in [3.05, 3.63) is 23.4 Å². The van der Waals surface area contributed by atoms with Crippen molar-refractivity contribution in [3.63, 3.8) is 0 Å². The lowest BCUT2D eigenvalue weighted by atomic mass is 10.2. The summed E-state index contributed by atoms with van der Waals surface area (Å²) in [6.07, 6.45) is 0. The minimum atomic E-state index is -0.392. The molecule has 0 aliphatic rings. The van der Waals surface area contributed by atoms with E-state index in [0.717, 1.165) is 0 Å². The van der Waals surface area contributed by atoms with Gasteiger partial charge in [0.15, 0.2) is 0 Å². The summed E-state index contributed by atoms with van der Waals surface area (Å²) in [5.74, 6) is 0.0123. The summed E-state index contributed by atoms with van der Waals surface area (Å²) >= 11 is 5.96. The van der Waals surface area contributed by atoms with E-state index in [0.29, 0.717) is 21.8 Å². The molecule has 0 amide bonds. The second-order valence-corrected chi connectivity index (χ2v) is 3.63. The molecule has 0 saturated heterocycles. The van der Waals surface area contributed by atoms with Crippen LogP contribution in [0, 0.1) is 0 Å². The summed E-state index contributed by atoms with van der Waals surface area (Å²) in [7, 11) is 1.45. The second-order valence-electron chi connectivity index (χ2n) is 3.27. The number of esters is 1. The monoisotopic (exact) mass is 252 g/mol. The standard InChI is InChI=1S/C11H9ClN2O3/c1-6(15)17-7-3-4-8-9(5-7)13-11(16-2)14-10(8)12/h3-5H,1-2H3. The molecule has 0 fully saturated rings. The van der Waals surface area contributed by atoms with E-state index in [1.54, 1.807) is 18.2 Å². The summed E-state index contributed by atoms with van der Waals surface area (Å²) < 4.78 is 9.86. The summed E-state index contributed by atoms with van der Waals surface area (Å²) in [4.78, 5) is 18.9. The quantitative estimate of drug-likeness (QED) is 0.466. The number of benzene rings is 1. The molecule has 2 aromatic rings. The van der Waals surface area contributed by atoms with Gasteiger partial charge in [0.25, 0.3) is 0 Å². The summed E-state index contributed by atoms with van der Waals surface area (Å²) in [5.41, 5.74) is 0.556. The van der Waals surface area contributed by atoms with Crippen molar-refractivity contribution in [2.24, 2.45) is 0 Å². The Balaban J connectivity index is 2.55. The highest BCUT2D eigenvalue weighted by molar-refractivity contribution is 6.34. The van der Waals surface area contributed by atoms with E-state index in [9.17, 15) is 4.79 Å². The maximum atomic E-state index is 10.8. The van der Waals surface area contributed by atoms with Crippen molar-refractivity contribution in [2.45, 2.75) is 6.92 Å². The first kappa shape index (κ1) is 11.6. The topological polar surface area (TPSA) is 61.3 Å². The van der Waals surface area contributed by atoms with E-state index in [1.807, 2.05) is 0 Å². The predicted molar refractivity (Wildman–Crippen MR) is 62.4 cm³/mol. The van der Waals surface area contributed by atoms with Crippen molar-refractivity contribution < 1.29 is 14.3 Å². The molecule has 1 heterocycles. The van der Waals surface area contributed by atoms with Gasteiger partial charge in [-0.1, -0.05) is 11.6 Å². The summed E-state index contributed by atoms with van der Waals surface area (Å²) in [6, 6.07) is 5.09. The van der Waals surface area contributed by atoms with Crippen LogP contribution in [-0.4, -0.2) is 23.0 Å². The third-order valence-corrected chi connectivity index (χ3v) is 2.33. The normalized spacial score (nSPS) is 10.3. The van der Waals surface area contributed by atoms with Crippen molar-refractivity contribution >= 4 is 28.5 Å². The molecule has 0 N–H and O–H groups in total. The van der Waals surface area contributed by atoms with E-state index < -0.39 is 5.97 Å². The van der Waals surface area contributed by atoms with Crippen LogP contribution >= 0.6 is 11.6 Å². The Bertz CT molecular complexity index is 586. The lowest BCUT2D eigenvalue weighted by Crippen LogP contribution is -2.01. The van der Waals surface area contributed by atoms with Gasteiger partial charge in [-0.05, 0) is 12.1 Å². The average molecular weight is 253 g/mol. The molecule has 5 nitrogen and oxygen atoms in total. The minimum absolute atomic E-state index is 0.169. The predicted octanol–water partition coefficient (Wildman–Crippen LogP) is 2.22. The van der Waals surface area contributed by atoms with Gasteiger partial charge in [-0.25, -0.2) is 0 Å². The third-order valence-electron chi connectivity index (χ3n) is 2.05. The molecule has 0 aliphatic carbocycles. The number of carbonyl (C=O) groups is 1. The Hall–Kier alpha value is -1.88. The zero-order valence-electron chi connectivity index (χ0n) is 9.23. The van der Waals surface area contributed by atoms with Crippen molar-refractivity contribution in [1.29, 1.82) is 0 Å². The molecule has 0 bridgehead atoms. The van der Waals surface area contributed by atoms with Gasteiger partial charge in [0.1, 0.15) is 10.9 Å². The minimum Gasteiger partial charge on any atom is -0.467 e. The van der Waals surface area contributed by atoms with Crippen LogP contribution in [0.3, 0.4) is 0 Å². The van der Waals surface area contributed by atoms with Crippen LogP contribution in [-0.2, 0) is 4.79 Å². The van der Waals surface area contributed by atoms with E-state index in [2.05, 4.69) is 9.97 Å². The molecule has 0 atom stereocenters. The molecule has 0 aliphatic heterocycles. The van der Waals surface area contributed by atoms with Gasteiger partial charge in [0.05, 0.1) is 12.6 Å². The number of fused-ring (bicyclic) bond motifs is 1. The largest absolute Gasteiger partial charge is 0.467 e.